The fourth-order valence-electron chi connectivity index (χ4n) is 3.77. The van der Waals surface area contributed by atoms with E-state index in [9.17, 15) is 4.79 Å². The van der Waals surface area contributed by atoms with Crippen LogP contribution in [0.3, 0.4) is 0 Å². The number of aldehydes is 1. The number of rotatable bonds is 2. The maximum absolute atomic E-state index is 11.2. The molecule has 1 aliphatic heterocycles. The van der Waals surface area contributed by atoms with E-state index < -0.39 is 0 Å². The van der Waals surface area contributed by atoms with Crippen LogP contribution in [-0.2, 0) is 5.41 Å². The molecule has 2 fully saturated rings. The summed E-state index contributed by atoms with van der Waals surface area (Å²) in [6.07, 6.45) is 7.05. The lowest BCUT2D eigenvalue weighted by Crippen LogP contribution is -2.38. The van der Waals surface area contributed by atoms with Crippen molar-refractivity contribution >= 4 is 6.29 Å². The van der Waals surface area contributed by atoms with Crippen molar-refractivity contribution in [2.75, 3.05) is 0 Å². The minimum atomic E-state index is -0.0736. The van der Waals surface area contributed by atoms with Gasteiger partial charge in [-0.05, 0) is 69.6 Å². The molecular weight excluding hydrogens is 236 g/mol. The van der Waals surface area contributed by atoms with Crippen LogP contribution in [0.25, 0.3) is 0 Å². The first-order chi connectivity index (χ1) is 9.03. The van der Waals surface area contributed by atoms with Crippen molar-refractivity contribution in [3.05, 3.63) is 28.8 Å². The van der Waals surface area contributed by atoms with Gasteiger partial charge in [-0.1, -0.05) is 0 Å². The van der Waals surface area contributed by atoms with Gasteiger partial charge < -0.3 is 4.74 Å². The zero-order valence-electron chi connectivity index (χ0n) is 11.7. The van der Waals surface area contributed by atoms with Crippen molar-refractivity contribution < 1.29 is 9.53 Å². The third-order valence-electron chi connectivity index (χ3n) is 4.86. The maximum Gasteiger partial charge on any atom is 0.150 e. The summed E-state index contributed by atoms with van der Waals surface area (Å²) in [7, 11) is 0. The smallest absolute Gasteiger partial charge is 0.150 e. The molecular formula is C17H20O2. The second-order valence-electron chi connectivity index (χ2n) is 7.20. The first-order valence-corrected chi connectivity index (χ1v) is 7.36. The summed E-state index contributed by atoms with van der Waals surface area (Å²) in [6.45, 7) is 4.39. The molecule has 2 heteroatoms. The van der Waals surface area contributed by atoms with Crippen LogP contribution in [0.4, 0.5) is 0 Å². The largest absolute Gasteiger partial charge is 0.487 e. The fraction of sp³-hybridized carbons (Fsp3) is 0.588. The second-order valence-corrected chi connectivity index (χ2v) is 7.20. The summed E-state index contributed by atoms with van der Waals surface area (Å²) in [4.78, 5) is 11.2. The van der Waals surface area contributed by atoms with Crippen molar-refractivity contribution in [3.8, 4) is 5.75 Å². The highest BCUT2D eigenvalue weighted by Gasteiger charge is 2.54. The number of hydrogen-bond donors (Lipinski definition) is 0. The molecule has 100 valence electrons. The molecule has 0 atom stereocenters. The first kappa shape index (κ1) is 11.5. The summed E-state index contributed by atoms with van der Waals surface area (Å²) in [5.41, 5.74) is 3.67. The first-order valence-electron chi connectivity index (χ1n) is 7.36. The Kier molecular flexibility index (Phi) is 2.07. The zero-order valence-corrected chi connectivity index (χ0v) is 11.7. The zero-order chi connectivity index (χ0) is 13.3. The molecule has 2 nitrogen and oxygen atoms in total. The predicted molar refractivity (Wildman–Crippen MR) is 74.0 cm³/mol. The van der Waals surface area contributed by atoms with Gasteiger partial charge in [-0.15, -0.1) is 0 Å². The standard InChI is InChI=1S/C17H20O2/c1-16(2)10-17(5-6-17)14-8-11(9-18)7-13(12-3-4-12)15(14)19-16/h7-9,12H,3-6,10H2,1-2H3. The van der Waals surface area contributed by atoms with Gasteiger partial charge in [0.15, 0.2) is 0 Å². The quantitative estimate of drug-likeness (QED) is 0.748. The van der Waals surface area contributed by atoms with Crippen LogP contribution in [0.2, 0.25) is 0 Å². The summed E-state index contributed by atoms with van der Waals surface area (Å²) in [5, 5.41) is 0. The lowest BCUT2D eigenvalue weighted by atomic mass is 9.79. The van der Waals surface area contributed by atoms with Crippen molar-refractivity contribution in [2.45, 2.75) is 62.9 Å². The Labute approximate surface area is 114 Å². The van der Waals surface area contributed by atoms with E-state index in [4.69, 9.17) is 4.74 Å². The molecule has 1 spiro atoms. The highest BCUT2D eigenvalue weighted by molar-refractivity contribution is 5.77. The van der Waals surface area contributed by atoms with E-state index in [1.54, 1.807) is 0 Å². The second kappa shape index (κ2) is 3.41. The topological polar surface area (TPSA) is 26.3 Å². The molecule has 0 saturated heterocycles. The van der Waals surface area contributed by atoms with E-state index in [0.29, 0.717) is 11.3 Å². The molecule has 1 aromatic rings. The Hall–Kier alpha value is -1.31. The molecule has 0 unspecified atom stereocenters. The number of fused-ring (bicyclic) bond motifs is 2. The van der Waals surface area contributed by atoms with Gasteiger partial charge in [-0.2, -0.15) is 0 Å². The molecule has 19 heavy (non-hydrogen) atoms. The summed E-state index contributed by atoms with van der Waals surface area (Å²) >= 11 is 0. The molecule has 1 heterocycles. The molecule has 0 N–H and O–H groups in total. The highest BCUT2D eigenvalue weighted by atomic mass is 16.5. The van der Waals surface area contributed by atoms with Crippen LogP contribution < -0.4 is 4.74 Å². The van der Waals surface area contributed by atoms with Crippen molar-refractivity contribution in [3.63, 3.8) is 0 Å². The average Bonchev–Trinajstić information content (AvgIpc) is 3.22. The van der Waals surface area contributed by atoms with Crippen molar-refractivity contribution in [1.29, 1.82) is 0 Å². The lowest BCUT2D eigenvalue weighted by molar-refractivity contribution is 0.0657. The van der Waals surface area contributed by atoms with Crippen molar-refractivity contribution in [1.82, 2.24) is 0 Å². The molecule has 0 aromatic heterocycles. The Morgan fingerprint density at radius 1 is 1.26 bits per heavy atom. The maximum atomic E-state index is 11.2. The average molecular weight is 256 g/mol. The Balaban J connectivity index is 1.93. The van der Waals surface area contributed by atoms with Crippen LogP contribution in [0.5, 0.6) is 5.75 Å². The van der Waals surface area contributed by atoms with Crippen LogP contribution in [-0.4, -0.2) is 11.9 Å². The Morgan fingerprint density at radius 3 is 2.58 bits per heavy atom. The predicted octanol–water partition coefficient (Wildman–Crippen LogP) is 3.97. The molecule has 0 amide bonds. The van der Waals surface area contributed by atoms with Crippen LogP contribution >= 0.6 is 0 Å². The van der Waals surface area contributed by atoms with E-state index >= 15 is 0 Å². The van der Waals surface area contributed by atoms with Gasteiger partial charge >= 0.3 is 0 Å². The minimum absolute atomic E-state index is 0.0736. The van der Waals surface area contributed by atoms with Gasteiger partial charge in [-0.3, -0.25) is 4.79 Å². The van der Waals surface area contributed by atoms with Crippen molar-refractivity contribution in [2.24, 2.45) is 0 Å². The van der Waals surface area contributed by atoms with Gasteiger partial charge in [0, 0.05) is 16.5 Å². The van der Waals surface area contributed by atoms with Crippen LogP contribution in [0.15, 0.2) is 12.1 Å². The third-order valence-corrected chi connectivity index (χ3v) is 4.86. The van der Waals surface area contributed by atoms with Gasteiger partial charge in [0.05, 0.1) is 0 Å². The van der Waals surface area contributed by atoms with Gasteiger partial charge in [0.2, 0.25) is 0 Å². The number of ether oxygens (including phenoxy) is 1. The SMILES string of the molecule is CC1(C)CC2(CC2)c2cc(C=O)cc(C3CC3)c2O1. The fourth-order valence-corrected chi connectivity index (χ4v) is 3.77. The molecule has 3 aliphatic rings. The van der Waals surface area contributed by atoms with Gasteiger partial charge in [0.1, 0.15) is 17.6 Å². The number of carbonyl (C=O) groups is 1. The summed E-state index contributed by atoms with van der Waals surface area (Å²) in [6, 6.07) is 4.14. The Bertz CT molecular complexity index is 563. The molecule has 0 bridgehead atoms. The van der Waals surface area contributed by atoms with E-state index in [1.165, 1.54) is 36.8 Å². The molecule has 2 saturated carbocycles. The van der Waals surface area contributed by atoms with E-state index in [0.717, 1.165) is 24.0 Å². The molecule has 2 aliphatic carbocycles. The summed E-state index contributed by atoms with van der Waals surface area (Å²) in [5.74, 6) is 1.74. The van der Waals surface area contributed by atoms with Gasteiger partial charge in [0.25, 0.3) is 0 Å². The van der Waals surface area contributed by atoms with Crippen LogP contribution in [0, 0.1) is 0 Å². The number of hydrogen-bond acceptors (Lipinski definition) is 2. The minimum Gasteiger partial charge on any atom is -0.487 e. The van der Waals surface area contributed by atoms with E-state index in [2.05, 4.69) is 26.0 Å². The molecule has 0 radical (unpaired) electrons. The third kappa shape index (κ3) is 1.73. The van der Waals surface area contributed by atoms with E-state index in [1.807, 2.05) is 0 Å². The molecule has 1 aromatic carbocycles. The number of benzene rings is 1. The number of carbonyl (C=O) groups excluding carboxylic acids is 1. The van der Waals surface area contributed by atoms with Crippen LogP contribution in [0.1, 0.15) is 73.4 Å². The highest BCUT2D eigenvalue weighted by Crippen LogP contribution is 2.61. The molecule has 4 rings (SSSR count). The Morgan fingerprint density at radius 2 is 2.00 bits per heavy atom. The monoisotopic (exact) mass is 256 g/mol. The lowest BCUT2D eigenvalue weighted by Gasteiger charge is -2.39. The normalized spacial score (nSPS) is 25.6. The summed E-state index contributed by atoms with van der Waals surface area (Å²) < 4.78 is 6.31. The van der Waals surface area contributed by atoms with E-state index in [-0.39, 0.29) is 5.60 Å². The van der Waals surface area contributed by atoms with Gasteiger partial charge in [-0.25, -0.2) is 0 Å².